The van der Waals surface area contributed by atoms with Crippen LogP contribution in [0.3, 0.4) is 0 Å². The summed E-state index contributed by atoms with van der Waals surface area (Å²) < 4.78 is 5.45. The van der Waals surface area contributed by atoms with Crippen LogP contribution in [0, 0.1) is 5.92 Å². The summed E-state index contributed by atoms with van der Waals surface area (Å²) in [7, 11) is 1.33. The van der Waals surface area contributed by atoms with Crippen LogP contribution in [0.5, 0.6) is 0 Å². The first-order valence-corrected chi connectivity index (χ1v) is 9.66. The second kappa shape index (κ2) is 9.10. The lowest BCUT2D eigenvalue weighted by Crippen LogP contribution is -2.32. The number of carbonyl (C=O) groups is 2. The Morgan fingerprint density at radius 1 is 1.32 bits per heavy atom. The van der Waals surface area contributed by atoms with Crippen molar-refractivity contribution in [2.45, 2.75) is 26.8 Å². The number of carbonyl (C=O) groups excluding carboxylic acids is 2. The summed E-state index contributed by atoms with van der Waals surface area (Å²) in [5, 5.41) is 2.37. The quantitative estimate of drug-likeness (QED) is 0.618. The molecule has 5 nitrogen and oxygen atoms in total. The molecule has 0 saturated carbocycles. The van der Waals surface area contributed by atoms with Crippen molar-refractivity contribution in [1.82, 2.24) is 9.88 Å². The summed E-state index contributed by atoms with van der Waals surface area (Å²) >= 11 is 4.80. The van der Waals surface area contributed by atoms with Crippen LogP contribution in [0.25, 0.3) is 0 Å². The average molecular weight is 425 g/mol. The standard InChI is InChI=1S/C18H21BrN2O3S/c1-12(2)8-9-21(17(22)13-6-4-5-7-14(13)19)10-16-20-15(11-25-16)18(23)24-3/h4-7,11-12H,8-10H2,1-3H3. The highest BCUT2D eigenvalue weighted by Gasteiger charge is 2.20. The van der Waals surface area contributed by atoms with E-state index in [2.05, 4.69) is 39.5 Å². The summed E-state index contributed by atoms with van der Waals surface area (Å²) in [5.74, 6) is -0.0345. The molecular formula is C18H21BrN2O3S. The lowest BCUT2D eigenvalue weighted by atomic mass is 10.1. The second-order valence-electron chi connectivity index (χ2n) is 6.01. The van der Waals surface area contributed by atoms with Crippen molar-refractivity contribution >= 4 is 39.1 Å². The fourth-order valence-electron chi connectivity index (χ4n) is 2.22. The van der Waals surface area contributed by atoms with Crippen molar-refractivity contribution in [3.8, 4) is 0 Å². The summed E-state index contributed by atoms with van der Waals surface area (Å²) in [4.78, 5) is 30.6. The van der Waals surface area contributed by atoms with Crippen LogP contribution >= 0.6 is 27.3 Å². The fourth-order valence-corrected chi connectivity index (χ4v) is 3.45. The first-order chi connectivity index (χ1) is 11.9. The Morgan fingerprint density at radius 2 is 2.04 bits per heavy atom. The van der Waals surface area contributed by atoms with Crippen molar-refractivity contribution < 1.29 is 14.3 Å². The first-order valence-electron chi connectivity index (χ1n) is 7.99. The van der Waals surface area contributed by atoms with Gasteiger partial charge in [-0.25, -0.2) is 9.78 Å². The molecule has 7 heteroatoms. The molecule has 1 aromatic carbocycles. The van der Waals surface area contributed by atoms with E-state index in [0.717, 1.165) is 10.9 Å². The second-order valence-corrected chi connectivity index (χ2v) is 7.80. The van der Waals surface area contributed by atoms with Crippen molar-refractivity contribution in [2.75, 3.05) is 13.7 Å². The number of rotatable bonds is 7. The van der Waals surface area contributed by atoms with Gasteiger partial charge in [0.25, 0.3) is 5.91 Å². The minimum atomic E-state index is -0.464. The van der Waals surface area contributed by atoms with Gasteiger partial charge < -0.3 is 9.64 Å². The maximum absolute atomic E-state index is 13.0. The highest BCUT2D eigenvalue weighted by molar-refractivity contribution is 9.10. The molecule has 25 heavy (non-hydrogen) atoms. The lowest BCUT2D eigenvalue weighted by Gasteiger charge is -2.23. The van der Waals surface area contributed by atoms with Gasteiger partial charge in [0, 0.05) is 16.4 Å². The molecule has 2 aromatic rings. The molecule has 0 fully saturated rings. The summed E-state index contributed by atoms with van der Waals surface area (Å²) in [6, 6.07) is 7.38. The molecule has 1 aromatic heterocycles. The predicted octanol–water partition coefficient (Wildman–Crippen LogP) is 4.38. The molecule has 0 bridgehead atoms. The number of esters is 1. The molecule has 0 radical (unpaired) electrons. The Kier molecular flexibility index (Phi) is 7.13. The maximum atomic E-state index is 13.0. The first kappa shape index (κ1) is 19.6. The van der Waals surface area contributed by atoms with E-state index in [4.69, 9.17) is 0 Å². The highest BCUT2D eigenvalue weighted by Crippen LogP contribution is 2.21. The Hall–Kier alpha value is -1.73. The average Bonchev–Trinajstić information content (AvgIpc) is 3.06. The SMILES string of the molecule is COC(=O)c1csc(CN(CCC(C)C)C(=O)c2ccccc2Br)n1. The molecule has 0 saturated heterocycles. The number of ether oxygens (including phenoxy) is 1. The number of hydrogen-bond donors (Lipinski definition) is 0. The molecule has 0 N–H and O–H groups in total. The molecular weight excluding hydrogens is 404 g/mol. The Balaban J connectivity index is 2.20. The number of hydrogen-bond acceptors (Lipinski definition) is 5. The van der Waals surface area contributed by atoms with E-state index in [1.807, 2.05) is 18.2 Å². The molecule has 0 spiro atoms. The number of benzene rings is 1. The summed E-state index contributed by atoms with van der Waals surface area (Å²) in [5.41, 5.74) is 0.899. The van der Waals surface area contributed by atoms with Crippen LogP contribution in [0.4, 0.5) is 0 Å². The van der Waals surface area contributed by atoms with Gasteiger partial charge in [-0.15, -0.1) is 11.3 Å². The van der Waals surface area contributed by atoms with Gasteiger partial charge in [0.1, 0.15) is 5.01 Å². The maximum Gasteiger partial charge on any atom is 0.357 e. The van der Waals surface area contributed by atoms with Crippen LogP contribution in [-0.2, 0) is 11.3 Å². The van der Waals surface area contributed by atoms with Crippen LogP contribution in [-0.4, -0.2) is 35.4 Å². The van der Waals surface area contributed by atoms with Gasteiger partial charge in [-0.3, -0.25) is 4.79 Å². The molecule has 134 valence electrons. The minimum absolute atomic E-state index is 0.0528. The van der Waals surface area contributed by atoms with Crippen LogP contribution in [0.2, 0.25) is 0 Å². The van der Waals surface area contributed by atoms with Gasteiger partial charge >= 0.3 is 5.97 Å². The lowest BCUT2D eigenvalue weighted by molar-refractivity contribution is 0.0594. The van der Waals surface area contributed by atoms with Gasteiger partial charge in [-0.2, -0.15) is 0 Å². The molecule has 0 aliphatic heterocycles. The number of aromatic nitrogens is 1. The van der Waals surface area contributed by atoms with E-state index < -0.39 is 5.97 Å². The monoisotopic (exact) mass is 424 g/mol. The van der Waals surface area contributed by atoms with Crippen molar-refractivity contribution in [2.24, 2.45) is 5.92 Å². The number of thiazole rings is 1. The predicted molar refractivity (Wildman–Crippen MR) is 102 cm³/mol. The van der Waals surface area contributed by atoms with Crippen molar-refractivity contribution in [3.63, 3.8) is 0 Å². The van der Waals surface area contributed by atoms with E-state index in [0.29, 0.717) is 29.6 Å². The number of methoxy groups -OCH3 is 1. The molecule has 0 unspecified atom stereocenters. The molecule has 1 heterocycles. The van der Waals surface area contributed by atoms with Gasteiger partial charge in [-0.05, 0) is 40.4 Å². The van der Waals surface area contributed by atoms with E-state index in [-0.39, 0.29) is 11.6 Å². The minimum Gasteiger partial charge on any atom is -0.464 e. The summed E-state index contributed by atoms with van der Waals surface area (Å²) in [6.45, 7) is 5.25. The number of amides is 1. The fraction of sp³-hybridized carbons (Fsp3) is 0.389. The molecule has 1 amide bonds. The van der Waals surface area contributed by atoms with Crippen molar-refractivity contribution in [3.05, 3.63) is 50.4 Å². The molecule has 2 rings (SSSR count). The Bertz CT molecular complexity index is 745. The number of halogens is 1. The smallest absolute Gasteiger partial charge is 0.357 e. The Labute approximate surface area is 160 Å². The third kappa shape index (κ3) is 5.37. The third-order valence-electron chi connectivity index (χ3n) is 3.64. The van der Waals surface area contributed by atoms with E-state index in [9.17, 15) is 9.59 Å². The molecule has 0 aliphatic rings. The van der Waals surface area contributed by atoms with E-state index in [1.54, 1.807) is 16.3 Å². The molecule has 0 atom stereocenters. The van der Waals surface area contributed by atoms with Crippen LogP contribution in [0.1, 0.15) is 46.1 Å². The van der Waals surface area contributed by atoms with Crippen LogP contribution in [0.15, 0.2) is 34.1 Å². The van der Waals surface area contributed by atoms with Gasteiger partial charge in [-0.1, -0.05) is 26.0 Å². The van der Waals surface area contributed by atoms with E-state index in [1.165, 1.54) is 18.4 Å². The highest BCUT2D eigenvalue weighted by atomic mass is 79.9. The van der Waals surface area contributed by atoms with Crippen LogP contribution < -0.4 is 0 Å². The topological polar surface area (TPSA) is 59.5 Å². The van der Waals surface area contributed by atoms with E-state index >= 15 is 0 Å². The molecule has 0 aliphatic carbocycles. The largest absolute Gasteiger partial charge is 0.464 e. The van der Waals surface area contributed by atoms with Gasteiger partial charge in [0.05, 0.1) is 19.2 Å². The zero-order valence-electron chi connectivity index (χ0n) is 14.5. The summed E-state index contributed by atoms with van der Waals surface area (Å²) in [6.07, 6.45) is 0.894. The zero-order chi connectivity index (χ0) is 18.4. The third-order valence-corrected chi connectivity index (χ3v) is 5.17. The van der Waals surface area contributed by atoms with Gasteiger partial charge in [0.15, 0.2) is 5.69 Å². The zero-order valence-corrected chi connectivity index (χ0v) is 16.9. The Morgan fingerprint density at radius 3 is 2.68 bits per heavy atom. The van der Waals surface area contributed by atoms with Crippen molar-refractivity contribution in [1.29, 1.82) is 0 Å². The number of nitrogens with zero attached hydrogens (tertiary/aromatic N) is 2. The normalized spacial score (nSPS) is 10.8. The van der Waals surface area contributed by atoms with Gasteiger partial charge in [0.2, 0.25) is 0 Å².